The lowest BCUT2D eigenvalue weighted by Crippen LogP contribution is -2.36. The van der Waals surface area contributed by atoms with Gasteiger partial charge in [0.05, 0.1) is 6.54 Å². The topological polar surface area (TPSA) is 136 Å². The van der Waals surface area contributed by atoms with Crippen LogP contribution in [0.15, 0.2) is 10.5 Å². The molecule has 0 saturated heterocycles. The molecule has 0 aliphatic carbocycles. The number of aliphatic carboxylic acids is 1. The van der Waals surface area contributed by atoms with E-state index in [-0.39, 0.29) is 23.1 Å². The molecule has 0 aromatic carbocycles. The van der Waals surface area contributed by atoms with E-state index < -0.39 is 23.8 Å². The number of nitrogens with zero attached hydrogens (tertiary/aromatic N) is 2. The highest BCUT2D eigenvalue weighted by Crippen LogP contribution is 2.12. The number of aromatic nitrogens is 1. The molecule has 1 unspecified atom stereocenters. The molecule has 9 nitrogen and oxygen atoms in total. The number of carboxylic acids is 1. The predicted molar refractivity (Wildman–Crippen MR) is 85.5 cm³/mol. The quantitative estimate of drug-likeness (QED) is 0.524. The number of thiazole rings is 1. The van der Waals surface area contributed by atoms with E-state index in [9.17, 15) is 9.59 Å². The van der Waals surface area contributed by atoms with E-state index in [1.54, 1.807) is 27.7 Å². The Morgan fingerprint density at radius 3 is 2.65 bits per heavy atom. The van der Waals surface area contributed by atoms with Crippen molar-refractivity contribution >= 4 is 34.2 Å². The Kier molecular flexibility index (Phi) is 6.31. The van der Waals surface area contributed by atoms with E-state index in [0.29, 0.717) is 0 Å². The van der Waals surface area contributed by atoms with Crippen LogP contribution >= 0.6 is 11.3 Å². The number of nitrogens with one attached hydrogen (secondary N) is 1. The molecule has 0 saturated carbocycles. The number of amides is 1. The molecule has 0 bridgehead atoms. The second-order valence-corrected chi connectivity index (χ2v) is 6.50. The molecule has 0 spiro atoms. The molecule has 1 rings (SSSR count). The smallest absolute Gasteiger partial charge is 0.407 e. The highest BCUT2D eigenvalue weighted by atomic mass is 32.1. The summed E-state index contributed by atoms with van der Waals surface area (Å²) < 4.78 is 5.07. The minimum absolute atomic E-state index is 0.102. The van der Waals surface area contributed by atoms with E-state index in [1.165, 1.54) is 5.38 Å². The summed E-state index contributed by atoms with van der Waals surface area (Å²) in [5, 5.41) is 16.9. The number of nitrogens with two attached hydrogens (primary N) is 1. The molecule has 4 N–H and O–H groups in total. The maximum atomic E-state index is 11.5. The lowest BCUT2D eigenvalue weighted by Gasteiger charge is -2.20. The van der Waals surface area contributed by atoms with Crippen molar-refractivity contribution in [3.05, 3.63) is 11.1 Å². The maximum Gasteiger partial charge on any atom is 0.407 e. The molecular weight excluding hydrogens is 324 g/mol. The van der Waals surface area contributed by atoms with Crippen LogP contribution in [0.25, 0.3) is 0 Å². The number of carboxylic acid groups (broad SMARTS) is 1. The fraction of sp³-hybridized carbons (Fsp3) is 0.538. The van der Waals surface area contributed by atoms with Crippen molar-refractivity contribution in [2.45, 2.75) is 39.4 Å². The number of alkyl carbamates (subject to hydrolysis) is 1. The van der Waals surface area contributed by atoms with Crippen molar-refractivity contribution in [3.8, 4) is 0 Å². The van der Waals surface area contributed by atoms with Crippen LogP contribution in [-0.4, -0.2) is 46.1 Å². The Morgan fingerprint density at radius 2 is 2.17 bits per heavy atom. The van der Waals surface area contributed by atoms with E-state index in [2.05, 4.69) is 15.5 Å². The van der Waals surface area contributed by atoms with Crippen LogP contribution < -0.4 is 11.1 Å². The van der Waals surface area contributed by atoms with Crippen LogP contribution in [0.4, 0.5) is 9.93 Å². The zero-order chi connectivity index (χ0) is 17.6. The fourth-order valence-electron chi connectivity index (χ4n) is 1.31. The Bertz CT molecular complexity index is 593. The van der Waals surface area contributed by atoms with Crippen molar-refractivity contribution in [3.63, 3.8) is 0 Å². The molecule has 1 aromatic rings. The van der Waals surface area contributed by atoms with Gasteiger partial charge in [0.15, 0.2) is 5.13 Å². The Labute approximate surface area is 137 Å². The van der Waals surface area contributed by atoms with Gasteiger partial charge in [-0.15, -0.1) is 11.3 Å². The minimum Gasteiger partial charge on any atom is -0.476 e. The van der Waals surface area contributed by atoms with Crippen LogP contribution in [0.2, 0.25) is 0 Å². The highest BCUT2D eigenvalue weighted by molar-refractivity contribution is 7.13. The summed E-state index contributed by atoms with van der Waals surface area (Å²) in [4.78, 5) is 31.6. The van der Waals surface area contributed by atoms with Gasteiger partial charge in [0.2, 0.25) is 5.71 Å². The molecule has 128 valence electrons. The fourth-order valence-corrected chi connectivity index (χ4v) is 1.86. The normalized spacial score (nSPS) is 13.3. The monoisotopic (exact) mass is 344 g/mol. The van der Waals surface area contributed by atoms with Gasteiger partial charge < -0.3 is 25.7 Å². The van der Waals surface area contributed by atoms with Crippen molar-refractivity contribution in [1.29, 1.82) is 0 Å². The zero-order valence-corrected chi connectivity index (χ0v) is 14.1. The lowest BCUT2D eigenvalue weighted by molar-refractivity contribution is -0.129. The number of hydrogen-bond acceptors (Lipinski definition) is 8. The second kappa shape index (κ2) is 7.77. The number of ether oxygens (including phenoxy) is 1. The molecule has 0 radical (unpaired) electrons. The average Bonchev–Trinajstić information content (AvgIpc) is 2.80. The number of nitrogen functional groups attached to an aromatic ring is 1. The third-order valence-corrected chi connectivity index (χ3v) is 2.90. The molecular formula is C13H20N4O5S. The third kappa shape index (κ3) is 6.96. The van der Waals surface area contributed by atoms with Crippen molar-refractivity contribution in [2.24, 2.45) is 5.16 Å². The largest absolute Gasteiger partial charge is 0.476 e. The minimum atomic E-state index is -1.29. The summed E-state index contributed by atoms with van der Waals surface area (Å²) in [5.74, 6) is -1.29. The molecule has 1 heterocycles. The Hall–Kier alpha value is -2.36. The van der Waals surface area contributed by atoms with Crippen LogP contribution in [0, 0.1) is 0 Å². The first-order valence-corrected chi connectivity index (χ1v) is 7.62. The van der Waals surface area contributed by atoms with Gasteiger partial charge in [0.25, 0.3) is 0 Å². The van der Waals surface area contributed by atoms with Gasteiger partial charge in [-0.2, -0.15) is 0 Å². The van der Waals surface area contributed by atoms with Gasteiger partial charge in [0, 0.05) is 5.38 Å². The van der Waals surface area contributed by atoms with Crippen LogP contribution in [0.3, 0.4) is 0 Å². The summed E-state index contributed by atoms with van der Waals surface area (Å²) in [6.45, 7) is 6.96. The zero-order valence-electron chi connectivity index (χ0n) is 13.3. The molecule has 0 fully saturated rings. The number of hydrogen-bond donors (Lipinski definition) is 3. The van der Waals surface area contributed by atoms with Gasteiger partial charge in [-0.05, 0) is 27.7 Å². The second-order valence-electron chi connectivity index (χ2n) is 5.61. The van der Waals surface area contributed by atoms with E-state index in [1.807, 2.05) is 0 Å². The molecule has 0 aliphatic heterocycles. The van der Waals surface area contributed by atoms with Gasteiger partial charge in [-0.1, -0.05) is 5.16 Å². The van der Waals surface area contributed by atoms with Crippen LogP contribution in [0.5, 0.6) is 0 Å². The van der Waals surface area contributed by atoms with Gasteiger partial charge in [0.1, 0.15) is 17.4 Å². The SMILES string of the molecule is CC(CNC(=O)OC(C)(C)C)O/N=C(/C(=O)O)c1csc(N)n1. The molecule has 0 aliphatic rings. The first-order chi connectivity index (χ1) is 10.6. The number of oxime groups is 1. The van der Waals surface area contributed by atoms with Crippen molar-refractivity contribution < 1.29 is 24.3 Å². The van der Waals surface area contributed by atoms with E-state index >= 15 is 0 Å². The van der Waals surface area contributed by atoms with Gasteiger partial charge in [-0.25, -0.2) is 14.6 Å². The molecule has 1 atom stereocenters. The lowest BCUT2D eigenvalue weighted by atomic mass is 10.2. The molecule has 1 aromatic heterocycles. The number of rotatable bonds is 6. The molecule has 23 heavy (non-hydrogen) atoms. The Balaban J connectivity index is 2.56. The summed E-state index contributed by atoms with van der Waals surface area (Å²) >= 11 is 1.10. The van der Waals surface area contributed by atoms with Crippen LogP contribution in [0.1, 0.15) is 33.4 Å². The number of carbonyl (C=O) groups is 2. The van der Waals surface area contributed by atoms with Gasteiger partial charge in [-0.3, -0.25) is 0 Å². The number of carbonyl (C=O) groups excluding carboxylic acids is 1. The summed E-state index contributed by atoms with van der Waals surface area (Å²) in [6.07, 6.45) is -1.16. The van der Waals surface area contributed by atoms with Crippen LogP contribution in [-0.2, 0) is 14.4 Å². The first-order valence-electron chi connectivity index (χ1n) is 6.74. The van der Waals surface area contributed by atoms with E-state index in [4.69, 9.17) is 20.4 Å². The Morgan fingerprint density at radius 1 is 1.52 bits per heavy atom. The molecule has 1 amide bonds. The average molecular weight is 344 g/mol. The van der Waals surface area contributed by atoms with E-state index in [0.717, 1.165) is 11.3 Å². The summed E-state index contributed by atoms with van der Waals surface area (Å²) in [5.41, 5.74) is 4.62. The van der Waals surface area contributed by atoms with Crippen molar-refractivity contribution in [2.75, 3.05) is 12.3 Å². The maximum absolute atomic E-state index is 11.5. The first kappa shape index (κ1) is 18.7. The van der Waals surface area contributed by atoms with Gasteiger partial charge >= 0.3 is 12.1 Å². The number of anilines is 1. The third-order valence-electron chi connectivity index (χ3n) is 2.22. The van der Waals surface area contributed by atoms with Crippen molar-refractivity contribution in [1.82, 2.24) is 10.3 Å². The summed E-state index contributed by atoms with van der Waals surface area (Å²) in [7, 11) is 0. The standard InChI is InChI=1S/C13H20N4O5S/c1-7(5-15-12(20)21-13(2,3)4)22-17-9(10(18)19)8-6-23-11(14)16-8/h6-7H,5H2,1-4H3,(H2,14,16)(H,15,20)(H,18,19)/b17-9+. The summed E-state index contributed by atoms with van der Waals surface area (Å²) in [6, 6.07) is 0. The highest BCUT2D eigenvalue weighted by Gasteiger charge is 2.19. The predicted octanol–water partition coefficient (Wildman–Crippen LogP) is 1.44. The molecule has 10 heteroatoms.